The van der Waals surface area contributed by atoms with Crippen molar-refractivity contribution in [2.45, 2.75) is 33.7 Å². The number of hydrogen-bond acceptors (Lipinski definition) is 3. The van der Waals surface area contributed by atoms with Crippen LogP contribution in [0.3, 0.4) is 0 Å². The van der Waals surface area contributed by atoms with Gasteiger partial charge >= 0.3 is 5.97 Å². The van der Waals surface area contributed by atoms with Gasteiger partial charge in [0, 0.05) is 0 Å². The molecule has 116 valence electrons. The summed E-state index contributed by atoms with van der Waals surface area (Å²) in [5.74, 6) is -0.990. The molecular formula is C15H20BrNO4. The van der Waals surface area contributed by atoms with E-state index in [0.29, 0.717) is 5.75 Å². The molecule has 0 aliphatic rings. The number of carbonyl (C=O) groups is 2. The Bertz CT molecular complexity index is 537. The van der Waals surface area contributed by atoms with Gasteiger partial charge in [-0.25, -0.2) is 4.79 Å². The number of carboxylic acids is 1. The standard InChI is InChI=1S/C15H20BrNO4/c1-9-5-6-11(10(16)7-9)21-8-12(18)17-13(14(19)20)15(2,3)4/h5-7,13H,8H2,1-4H3,(H,17,18)(H,19,20)/t13-/m0/s1. The van der Waals surface area contributed by atoms with Gasteiger partial charge in [0.1, 0.15) is 11.8 Å². The molecule has 1 rings (SSSR count). The molecule has 0 unspecified atom stereocenters. The molecule has 2 N–H and O–H groups in total. The first-order valence-electron chi connectivity index (χ1n) is 6.52. The van der Waals surface area contributed by atoms with Gasteiger partial charge in [0.2, 0.25) is 0 Å². The third-order valence-electron chi connectivity index (χ3n) is 2.86. The highest BCUT2D eigenvalue weighted by Crippen LogP contribution is 2.25. The van der Waals surface area contributed by atoms with E-state index < -0.39 is 23.3 Å². The fourth-order valence-electron chi connectivity index (χ4n) is 1.72. The summed E-state index contributed by atoms with van der Waals surface area (Å²) < 4.78 is 6.15. The Labute approximate surface area is 132 Å². The minimum Gasteiger partial charge on any atom is -0.483 e. The number of carbonyl (C=O) groups excluding carboxylic acids is 1. The van der Waals surface area contributed by atoms with E-state index in [4.69, 9.17) is 9.84 Å². The van der Waals surface area contributed by atoms with Crippen molar-refractivity contribution in [2.75, 3.05) is 6.61 Å². The molecule has 0 saturated carbocycles. The van der Waals surface area contributed by atoms with Crippen LogP contribution >= 0.6 is 15.9 Å². The van der Waals surface area contributed by atoms with E-state index in [1.54, 1.807) is 26.8 Å². The predicted octanol–water partition coefficient (Wildman–Crippen LogP) is 2.75. The maximum atomic E-state index is 11.8. The molecule has 0 aliphatic heterocycles. The van der Waals surface area contributed by atoms with Crippen LogP contribution in [-0.2, 0) is 9.59 Å². The molecule has 0 spiro atoms. The van der Waals surface area contributed by atoms with Crippen LogP contribution in [0.4, 0.5) is 0 Å². The van der Waals surface area contributed by atoms with E-state index in [2.05, 4.69) is 21.2 Å². The molecule has 1 atom stereocenters. The quantitative estimate of drug-likeness (QED) is 0.849. The average molecular weight is 358 g/mol. The Kier molecular flexibility index (Phi) is 5.78. The molecule has 0 fully saturated rings. The minimum atomic E-state index is -1.06. The first-order valence-corrected chi connectivity index (χ1v) is 7.31. The van der Waals surface area contributed by atoms with Crippen molar-refractivity contribution in [2.24, 2.45) is 5.41 Å². The zero-order valence-corrected chi connectivity index (χ0v) is 14.2. The molecule has 0 heterocycles. The van der Waals surface area contributed by atoms with E-state index in [1.807, 2.05) is 19.1 Å². The number of aryl methyl sites for hydroxylation is 1. The molecule has 5 nitrogen and oxygen atoms in total. The van der Waals surface area contributed by atoms with Gasteiger partial charge in [0.25, 0.3) is 5.91 Å². The van der Waals surface area contributed by atoms with Gasteiger partial charge in [-0.05, 0) is 46.0 Å². The van der Waals surface area contributed by atoms with Crippen molar-refractivity contribution >= 4 is 27.8 Å². The molecule has 0 saturated heterocycles. The van der Waals surface area contributed by atoms with Gasteiger partial charge in [-0.15, -0.1) is 0 Å². The Morgan fingerprint density at radius 3 is 2.48 bits per heavy atom. The van der Waals surface area contributed by atoms with Gasteiger partial charge in [-0.3, -0.25) is 4.79 Å². The highest BCUT2D eigenvalue weighted by Gasteiger charge is 2.32. The fourth-order valence-corrected chi connectivity index (χ4v) is 2.33. The van der Waals surface area contributed by atoms with Crippen LogP contribution in [0.25, 0.3) is 0 Å². The first-order chi connectivity index (χ1) is 9.61. The summed E-state index contributed by atoms with van der Waals surface area (Å²) in [5, 5.41) is 11.6. The van der Waals surface area contributed by atoms with Crippen LogP contribution in [0.5, 0.6) is 5.75 Å². The lowest BCUT2D eigenvalue weighted by atomic mass is 9.87. The monoisotopic (exact) mass is 357 g/mol. The van der Waals surface area contributed by atoms with Crippen molar-refractivity contribution in [1.29, 1.82) is 0 Å². The molecule has 21 heavy (non-hydrogen) atoms. The van der Waals surface area contributed by atoms with E-state index in [0.717, 1.165) is 10.0 Å². The topological polar surface area (TPSA) is 75.6 Å². The van der Waals surface area contributed by atoms with Crippen molar-refractivity contribution in [3.05, 3.63) is 28.2 Å². The van der Waals surface area contributed by atoms with Crippen molar-refractivity contribution < 1.29 is 19.4 Å². The summed E-state index contributed by atoms with van der Waals surface area (Å²) in [4.78, 5) is 23.0. The number of benzene rings is 1. The molecule has 1 aromatic rings. The van der Waals surface area contributed by atoms with Crippen LogP contribution < -0.4 is 10.1 Å². The van der Waals surface area contributed by atoms with Crippen molar-refractivity contribution in [1.82, 2.24) is 5.32 Å². The number of hydrogen-bond donors (Lipinski definition) is 2. The van der Waals surface area contributed by atoms with Gasteiger partial charge in [0.15, 0.2) is 6.61 Å². The Hall–Kier alpha value is -1.56. The van der Waals surface area contributed by atoms with Crippen LogP contribution in [0.15, 0.2) is 22.7 Å². The van der Waals surface area contributed by atoms with Crippen molar-refractivity contribution in [3.8, 4) is 5.75 Å². The summed E-state index contributed by atoms with van der Waals surface area (Å²) in [6.07, 6.45) is 0. The fraction of sp³-hybridized carbons (Fsp3) is 0.467. The van der Waals surface area contributed by atoms with E-state index in [9.17, 15) is 9.59 Å². The first kappa shape index (κ1) is 17.5. The second kappa shape index (κ2) is 6.93. The molecule has 0 aromatic heterocycles. The lowest BCUT2D eigenvalue weighted by molar-refractivity contribution is -0.145. The number of nitrogens with one attached hydrogen (secondary N) is 1. The second-order valence-corrected chi connectivity index (χ2v) is 6.78. The number of ether oxygens (including phenoxy) is 1. The molecule has 0 bridgehead atoms. The van der Waals surface area contributed by atoms with Crippen LogP contribution in [0.1, 0.15) is 26.3 Å². The molecule has 6 heteroatoms. The summed E-state index contributed by atoms with van der Waals surface area (Å²) in [6.45, 7) is 6.97. The maximum Gasteiger partial charge on any atom is 0.326 e. The van der Waals surface area contributed by atoms with E-state index in [-0.39, 0.29) is 6.61 Å². The SMILES string of the molecule is Cc1ccc(OCC(=O)N[C@@H](C(=O)O)C(C)(C)C)c(Br)c1. The second-order valence-electron chi connectivity index (χ2n) is 5.93. The Balaban J connectivity index is 2.63. The third kappa shape index (κ3) is 5.38. The summed E-state index contributed by atoms with van der Waals surface area (Å²) in [5.41, 5.74) is 0.490. The molecule has 1 amide bonds. The minimum absolute atomic E-state index is 0.235. The van der Waals surface area contributed by atoms with Crippen LogP contribution in [-0.4, -0.2) is 29.6 Å². The number of aliphatic carboxylic acids is 1. The van der Waals surface area contributed by atoms with E-state index in [1.165, 1.54) is 0 Å². The molecular weight excluding hydrogens is 338 g/mol. The number of rotatable bonds is 5. The zero-order valence-electron chi connectivity index (χ0n) is 12.6. The van der Waals surface area contributed by atoms with Gasteiger partial charge in [-0.1, -0.05) is 26.8 Å². The predicted molar refractivity (Wildman–Crippen MR) is 83.4 cm³/mol. The smallest absolute Gasteiger partial charge is 0.326 e. The lowest BCUT2D eigenvalue weighted by Gasteiger charge is -2.27. The normalized spacial score (nSPS) is 12.6. The number of carboxylic acid groups (broad SMARTS) is 1. The van der Waals surface area contributed by atoms with Crippen molar-refractivity contribution in [3.63, 3.8) is 0 Å². The summed E-state index contributed by atoms with van der Waals surface area (Å²) in [7, 11) is 0. The lowest BCUT2D eigenvalue weighted by Crippen LogP contribution is -2.50. The van der Waals surface area contributed by atoms with Gasteiger partial charge in [0.05, 0.1) is 4.47 Å². The third-order valence-corrected chi connectivity index (χ3v) is 3.48. The Morgan fingerprint density at radius 1 is 1.38 bits per heavy atom. The van der Waals surface area contributed by atoms with Gasteiger partial charge < -0.3 is 15.2 Å². The molecule has 0 radical (unpaired) electrons. The molecule has 1 aromatic carbocycles. The highest BCUT2D eigenvalue weighted by molar-refractivity contribution is 9.10. The summed E-state index contributed by atoms with van der Waals surface area (Å²) >= 11 is 3.35. The molecule has 0 aliphatic carbocycles. The highest BCUT2D eigenvalue weighted by atomic mass is 79.9. The van der Waals surface area contributed by atoms with Gasteiger partial charge in [-0.2, -0.15) is 0 Å². The van der Waals surface area contributed by atoms with E-state index >= 15 is 0 Å². The maximum absolute atomic E-state index is 11.8. The number of amides is 1. The number of halogens is 1. The Morgan fingerprint density at radius 2 is 2.00 bits per heavy atom. The zero-order chi connectivity index (χ0) is 16.2. The van der Waals surface area contributed by atoms with Crippen LogP contribution in [0, 0.1) is 12.3 Å². The average Bonchev–Trinajstić information content (AvgIpc) is 2.33. The largest absolute Gasteiger partial charge is 0.483 e. The summed E-state index contributed by atoms with van der Waals surface area (Å²) in [6, 6.07) is 4.54. The van der Waals surface area contributed by atoms with Crippen LogP contribution in [0.2, 0.25) is 0 Å².